The molecule has 1 aliphatic rings. The summed E-state index contributed by atoms with van der Waals surface area (Å²) >= 11 is 1.30. The minimum absolute atomic E-state index is 0.273. The molecule has 0 atom stereocenters. The van der Waals surface area contributed by atoms with Crippen molar-refractivity contribution in [2.24, 2.45) is 0 Å². The Labute approximate surface area is 198 Å². The Morgan fingerprint density at radius 3 is 2.12 bits per heavy atom. The molecule has 1 aliphatic heterocycles. The highest BCUT2D eigenvalue weighted by Crippen LogP contribution is 2.38. The number of nitrogens with zero attached hydrogens (tertiary/aromatic N) is 1. The van der Waals surface area contributed by atoms with E-state index < -0.39 is 0 Å². The van der Waals surface area contributed by atoms with Gasteiger partial charge in [-0.05, 0) is 74.4 Å². The van der Waals surface area contributed by atoms with Gasteiger partial charge in [-0.2, -0.15) is 0 Å². The number of thioether (sulfide) groups is 1. The molecule has 6 heteroatoms. The maximum atomic E-state index is 13.4. The molecule has 0 radical (unpaired) electrons. The van der Waals surface area contributed by atoms with E-state index in [1.165, 1.54) is 16.7 Å². The summed E-state index contributed by atoms with van der Waals surface area (Å²) in [5.74, 6) is 0.0498. The Hall–Kier alpha value is -3.51. The van der Waals surface area contributed by atoms with Gasteiger partial charge < -0.3 is 10.1 Å². The summed E-state index contributed by atoms with van der Waals surface area (Å²) in [6, 6.07) is 22.8. The van der Waals surface area contributed by atoms with Crippen molar-refractivity contribution in [2.45, 2.75) is 32.1 Å². The van der Waals surface area contributed by atoms with Crippen molar-refractivity contribution in [1.82, 2.24) is 0 Å². The van der Waals surface area contributed by atoms with Crippen LogP contribution in [0.15, 0.2) is 88.3 Å². The standard InChI is InChI=1S/C27H26N2O3S/c1-4-19-8-12-21(13-9-19)29-26(30)24(28-20-10-14-22(15-11-20)32-5-2)25(27(29)31)33-23-16-6-18(3)7-17-23/h6-17,28H,4-5H2,1-3H3. The fourth-order valence-corrected chi connectivity index (χ4v) is 4.43. The number of aryl methyl sites for hydroxylation is 2. The number of imide groups is 1. The molecule has 4 rings (SSSR count). The van der Waals surface area contributed by atoms with Gasteiger partial charge in [-0.3, -0.25) is 9.59 Å². The number of ether oxygens (including phenoxy) is 1. The summed E-state index contributed by atoms with van der Waals surface area (Å²) in [5.41, 5.74) is 3.82. The molecule has 0 aromatic heterocycles. The summed E-state index contributed by atoms with van der Waals surface area (Å²) in [6.45, 7) is 6.58. The number of benzene rings is 3. The lowest BCUT2D eigenvalue weighted by Crippen LogP contribution is -2.32. The Balaban J connectivity index is 1.68. The molecule has 0 bridgehead atoms. The van der Waals surface area contributed by atoms with E-state index in [4.69, 9.17) is 4.74 Å². The van der Waals surface area contributed by atoms with E-state index in [1.54, 1.807) is 0 Å². The largest absolute Gasteiger partial charge is 0.494 e. The first kappa shape index (κ1) is 22.7. The summed E-state index contributed by atoms with van der Waals surface area (Å²) in [7, 11) is 0. The molecule has 5 nitrogen and oxygen atoms in total. The normalized spacial score (nSPS) is 13.6. The van der Waals surface area contributed by atoms with Gasteiger partial charge in [0.05, 0.1) is 12.3 Å². The lowest BCUT2D eigenvalue weighted by Gasteiger charge is -2.16. The zero-order valence-corrected chi connectivity index (χ0v) is 19.7. The van der Waals surface area contributed by atoms with Crippen molar-refractivity contribution in [3.63, 3.8) is 0 Å². The average molecular weight is 459 g/mol. The van der Waals surface area contributed by atoms with Gasteiger partial charge >= 0.3 is 0 Å². The van der Waals surface area contributed by atoms with E-state index in [9.17, 15) is 9.59 Å². The number of hydrogen-bond donors (Lipinski definition) is 1. The third-order valence-corrected chi connectivity index (χ3v) is 6.41. The number of carbonyl (C=O) groups excluding carboxylic acids is 2. The Morgan fingerprint density at radius 2 is 1.52 bits per heavy atom. The van der Waals surface area contributed by atoms with Crippen LogP contribution in [-0.4, -0.2) is 18.4 Å². The first-order chi connectivity index (χ1) is 16.0. The molecular weight excluding hydrogens is 432 g/mol. The molecule has 168 valence electrons. The number of rotatable bonds is 8. The Kier molecular flexibility index (Phi) is 6.84. The number of hydrogen-bond acceptors (Lipinski definition) is 5. The van der Waals surface area contributed by atoms with Crippen molar-refractivity contribution in [3.05, 3.63) is 94.5 Å². The maximum Gasteiger partial charge on any atom is 0.283 e. The third-order valence-electron chi connectivity index (χ3n) is 5.32. The van der Waals surface area contributed by atoms with Crippen LogP contribution in [0, 0.1) is 6.92 Å². The minimum Gasteiger partial charge on any atom is -0.494 e. The highest BCUT2D eigenvalue weighted by atomic mass is 32.2. The van der Waals surface area contributed by atoms with Crippen LogP contribution in [0.1, 0.15) is 25.0 Å². The lowest BCUT2D eigenvalue weighted by atomic mass is 10.1. The molecule has 1 N–H and O–H groups in total. The van der Waals surface area contributed by atoms with Gasteiger partial charge in [0.25, 0.3) is 11.8 Å². The molecule has 0 saturated heterocycles. The van der Waals surface area contributed by atoms with Gasteiger partial charge in [-0.1, -0.05) is 48.5 Å². The molecule has 3 aromatic rings. The molecule has 2 amide bonds. The molecule has 0 unspecified atom stereocenters. The van der Waals surface area contributed by atoms with E-state index in [1.807, 2.05) is 86.6 Å². The van der Waals surface area contributed by atoms with E-state index in [0.29, 0.717) is 22.9 Å². The van der Waals surface area contributed by atoms with Crippen LogP contribution in [0.4, 0.5) is 11.4 Å². The second-order valence-electron chi connectivity index (χ2n) is 7.67. The second kappa shape index (κ2) is 9.96. The van der Waals surface area contributed by atoms with Crippen molar-refractivity contribution in [1.29, 1.82) is 0 Å². The number of anilines is 2. The van der Waals surface area contributed by atoms with Crippen molar-refractivity contribution in [3.8, 4) is 5.75 Å². The third kappa shape index (κ3) is 4.96. The van der Waals surface area contributed by atoms with Crippen molar-refractivity contribution >= 4 is 35.0 Å². The molecule has 1 heterocycles. The summed E-state index contributed by atoms with van der Waals surface area (Å²) in [6.07, 6.45) is 0.888. The minimum atomic E-state index is -0.368. The first-order valence-electron chi connectivity index (χ1n) is 11.0. The highest BCUT2D eigenvalue weighted by molar-refractivity contribution is 8.04. The van der Waals surface area contributed by atoms with E-state index in [2.05, 4.69) is 12.2 Å². The molecule has 0 aliphatic carbocycles. The van der Waals surface area contributed by atoms with Crippen molar-refractivity contribution in [2.75, 3.05) is 16.8 Å². The smallest absolute Gasteiger partial charge is 0.283 e. The fraction of sp³-hybridized carbons (Fsp3) is 0.185. The molecule has 3 aromatic carbocycles. The van der Waals surface area contributed by atoms with E-state index in [0.717, 1.165) is 28.2 Å². The quantitative estimate of drug-likeness (QED) is 0.423. The molecular formula is C27H26N2O3S. The van der Waals surface area contributed by atoms with Crippen molar-refractivity contribution < 1.29 is 14.3 Å². The predicted octanol–water partition coefficient (Wildman–Crippen LogP) is 5.95. The summed E-state index contributed by atoms with van der Waals surface area (Å²) in [5, 5.41) is 3.19. The monoisotopic (exact) mass is 458 g/mol. The molecule has 0 saturated carbocycles. The van der Waals surface area contributed by atoms with Crippen LogP contribution in [0.25, 0.3) is 0 Å². The highest BCUT2D eigenvalue weighted by Gasteiger charge is 2.40. The van der Waals surface area contributed by atoms with Crippen LogP contribution in [0.3, 0.4) is 0 Å². The van der Waals surface area contributed by atoms with Crippen LogP contribution >= 0.6 is 11.8 Å². The zero-order chi connectivity index (χ0) is 23.4. The van der Waals surface area contributed by atoms with E-state index in [-0.39, 0.29) is 17.5 Å². The molecule has 33 heavy (non-hydrogen) atoms. The number of carbonyl (C=O) groups is 2. The van der Waals surface area contributed by atoms with Gasteiger partial charge in [0.2, 0.25) is 0 Å². The number of amides is 2. The van der Waals surface area contributed by atoms with Gasteiger partial charge in [-0.15, -0.1) is 0 Å². The Bertz CT molecular complexity index is 1180. The van der Waals surface area contributed by atoms with Gasteiger partial charge in [0.1, 0.15) is 16.4 Å². The van der Waals surface area contributed by atoms with Crippen LogP contribution in [0.2, 0.25) is 0 Å². The SMILES string of the molecule is CCOc1ccc(NC2=C(Sc3ccc(C)cc3)C(=O)N(c3ccc(CC)cc3)C2=O)cc1. The number of nitrogens with one attached hydrogen (secondary N) is 1. The average Bonchev–Trinajstić information content (AvgIpc) is 3.06. The van der Waals surface area contributed by atoms with E-state index >= 15 is 0 Å². The van der Waals surface area contributed by atoms with Gasteiger partial charge in [0, 0.05) is 10.6 Å². The van der Waals surface area contributed by atoms with Crippen LogP contribution < -0.4 is 15.0 Å². The Morgan fingerprint density at radius 1 is 0.848 bits per heavy atom. The summed E-state index contributed by atoms with van der Waals surface area (Å²) < 4.78 is 5.50. The second-order valence-corrected chi connectivity index (χ2v) is 8.75. The maximum absolute atomic E-state index is 13.4. The molecule has 0 spiro atoms. The van der Waals surface area contributed by atoms with Gasteiger partial charge in [-0.25, -0.2) is 4.90 Å². The zero-order valence-electron chi connectivity index (χ0n) is 18.9. The van der Waals surface area contributed by atoms with Crippen LogP contribution in [0.5, 0.6) is 5.75 Å². The summed E-state index contributed by atoms with van der Waals surface area (Å²) in [4.78, 5) is 29.4. The first-order valence-corrected chi connectivity index (χ1v) is 11.8. The molecule has 0 fully saturated rings. The van der Waals surface area contributed by atoms with Crippen LogP contribution in [-0.2, 0) is 16.0 Å². The fourth-order valence-electron chi connectivity index (χ4n) is 3.50. The topological polar surface area (TPSA) is 58.6 Å². The lowest BCUT2D eigenvalue weighted by molar-refractivity contribution is -0.120. The van der Waals surface area contributed by atoms with Gasteiger partial charge in [0.15, 0.2) is 0 Å². The predicted molar refractivity (Wildman–Crippen MR) is 134 cm³/mol.